The molecule has 5 nitrogen and oxygen atoms in total. The van der Waals surface area contributed by atoms with Crippen LogP contribution in [0.25, 0.3) is 0 Å². The third-order valence-corrected chi connectivity index (χ3v) is 4.15. The van der Waals surface area contributed by atoms with E-state index in [2.05, 4.69) is 0 Å². The number of Topliss-reactive ketones (excluding diaryl/α,β-unsaturated/α-hetero) is 1. The summed E-state index contributed by atoms with van der Waals surface area (Å²) in [6, 6.07) is 9.26. The number of ether oxygens (including phenoxy) is 2. The first kappa shape index (κ1) is 17.2. The van der Waals surface area contributed by atoms with Crippen molar-refractivity contribution in [3.8, 4) is 0 Å². The molecule has 1 saturated carbocycles. The Hall–Kier alpha value is -2.17. The maximum absolute atomic E-state index is 12.6. The first-order valence-corrected chi connectivity index (χ1v) is 7.98. The molecule has 23 heavy (non-hydrogen) atoms. The lowest BCUT2D eigenvalue weighted by Gasteiger charge is -2.32. The average molecular weight is 318 g/mol. The van der Waals surface area contributed by atoms with Gasteiger partial charge in [0.1, 0.15) is 12.0 Å². The second kappa shape index (κ2) is 7.90. The minimum Gasteiger partial charge on any atom is -0.466 e. The van der Waals surface area contributed by atoms with Crippen LogP contribution in [0, 0.1) is 5.41 Å². The maximum Gasteiger partial charge on any atom is 0.320 e. The van der Waals surface area contributed by atoms with Crippen LogP contribution in [-0.4, -0.2) is 24.3 Å². The fourth-order valence-corrected chi connectivity index (χ4v) is 2.89. The van der Waals surface area contributed by atoms with Gasteiger partial charge in [0, 0.05) is 6.42 Å². The second-order valence-corrected chi connectivity index (χ2v) is 5.76. The van der Waals surface area contributed by atoms with Crippen molar-refractivity contribution in [2.24, 2.45) is 5.41 Å². The molecule has 0 aromatic heterocycles. The van der Waals surface area contributed by atoms with E-state index < -0.39 is 17.4 Å². The summed E-state index contributed by atoms with van der Waals surface area (Å²) < 4.78 is 10.3. The molecule has 0 aliphatic heterocycles. The highest BCUT2D eigenvalue weighted by Crippen LogP contribution is 2.38. The number of carbonyl (C=O) groups excluding carboxylic acids is 3. The molecule has 1 aliphatic carbocycles. The number of esters is 2. The van der Waals surface area contributed by atoms with Gasteiger partial charge in [0.15, 0.2) is 5.78 Å². The summed E-state index contributed by atoms with van der Waals surface area (Å²) in [6.45, 7) is 2.01. The van der Waals surface area contributed by atoms with Crippen LogP contribution in [0.5, 0.6) is 0 Å². The van der Waals surface area contributed by atoms with Crippen LogP contribution in [-0.2, 0) is 30.5 Å². The van der Waals surface area contributed by atoms with Crippen LogP contribution < -0.4 is 0 Å². The predicted molar refractivity (Wildman–Crippen MR) is 83.4 cm³/mol. The zero-order valence-corrected chi connectivity index (χ0v) is 13.4. The molecule has 0 bridgehead atoms. The van der Waals surface area contributed by atoms with Gasteiger partial charge in [-0.3, -0.25) is 14.4 Å². The van der Waals surface area contributed by atoms with E-state index in [9.17, 15) is 14.4 Å². The molecular weight excluding hydrogens is 296 g/mol. The van der Waals surface area contributed by atoms with Crippen molar-refractivity contribution in [3.05, 3.63) is 35.9 Å². The predicted octanol–water partition coefficient (Wildman–Crippen LogP) is 2.81. The first-order valence-electron chi connectivity index (χ1n) is 7.98. The van der Waals surface area contributed by atoms with Crippen molar-refractivity contribution in [2.75, 3.05) is 6.61 Å². The molecule has 1 aliphatic rings. The first-order chi connectivity index (χ1) is 11.1. The van der Waals surface area contributed by atoms with Gasteiger partial charge in [0.05, 0.1) is 13.0 Å². The van der Waals surface area contributed by atoms with Gasteiger partial charge in [-0.05, 0) is 25.3 Å². The van der Waals surface area contributed by atoms with E-state index in [0.29, 0.717) is 12.8 Å². The molecule has 1 aromatic carbocycles. The Kier molecular flexibility index (Phi) is 5.90. The molecule has 1 fully saturated rings. The van der Waals surface area contributed by atoms with Gasteiger partial charge in [-0.25, -0.2) is 0 Å². The van der Waals surface area contributed by atoms with Crippen LogP contribution in [0.15, 0.2) is 30.3 Å². The molecule has 0 amide bonds. The zero-order valence-electron chi connectivity index (χ0n) is 13.4. The Morgan fingerprint density at radius 3 is 2.52 bits per heavy atom. The minimum absolute atomic E-state index is 0.0948. The number of benzene rings is 1. The molecule has 0 radical (unpaired) electrons. The molecule has 0 N–H and O–H groups in total. The number of rotatable bonds is 6. The molecule has 1 unspecified atom stereocenters. The molecule has 0 heterocycles. The van der Waals surface area contributed by atoms with E-state index in [1.54, 1.807) is 6.92 Å². The molecule has 0 saturated heterocycles. The van der Waals surface area contributed by atoms with Crippen molar-refractivity contribution < 1.29 is 23.9 Å². The van der Waals surface area contributed by atoms with Gasteiger partial charge >= 0.3 is 11.9 Å². The van der Waals surface area contributed by atoms with Crippen molar-refractivity contribution in [1.82, 2.24) is 0 Å². The summed E-state index contributed by atoms with van der Waals surface area (Å²) in [5.41, 5.74) is -0.533. The maximum atomic E-state index is 12.6. The number of hydrogen-bond donors (Lipinski definition) is 0. The van der Waals surface area contributed by atoms with Crippen LogP contribution >= 0.6 is 0 Å². The minimum atomic E-state index is -1.38. The number of hydrogen-bond acceptors (Lipinski definition) is 5. The lowest BCUT2D eigenvalue weighted by atomic mass is 9.70. The molecule has 0 spiro atoms. The Bertz CT molecular complexity index is 566. The smallest absolute Gasteiger partial charge is 0.320 e. The van der Waals surface area contributed by atoms with Crippen molar-refractivity contribution in [2.45, 2.75) is 45.6 Å². The lowest BCUT2D eigenvalue weighted by Crippen LogP contribution is -2.44. The molecule has 5 heteroatoms. The van der Waals surface area contributed by atoms with Gasteiger partial charge in [0.2, 0.25) is 0 Å². The number of ketones is 1. The van der Waals surface area contributed by atoms with Gasteiger partial charge in [-0.15, -0.1) is 0 Å². The molecule has 1 aromatic rings. The monoisotopic (exact) mass is 318 g/mol. The van der Waals surface area contributed by atoms with Crippen LogP contribution in [0.4, 0.5) is 0 Å². The highest BCUT2D eigenvalue weighted by atomic mass is 16.5. The van der Waals surface area contributed by atoms with Crippen LogP contribution in [0.1, 0.15) is 44.6 Å². The summed E-state index contributed by atoms with van der Waals surface area (Å²) in [6.07, 6.45) is 1.90. The SMILES string of the molecule is CCOC(=O)CC1(C(=O)OCc2ccccc2)CCCCC1=O. The van der Waals surface area contributed by atoms with Gasteiger partial charge in [0.25, 0.3) is 0 Å². The Balaban J connectivity index is 2.10. The summed E-state index contributed by atoms with van der Waals surface area (Å²) in [4.78, 5) is 36.9. The highest BCUT2D eigenvalue weighted by Gasteiger charge is 2.49. The van der Waals surface area contributed by atoms with Gasteiger partial charge < -0.3 is 9.47 Å². The van der Waals surface area contributed by atoms with Gasteiger partial charge in [-0.2, -0.15) is 0 Å². The zero-order chi connectivity index (χ0) is 16.7. The van der Waals surface area contributed by atoms with Crippen molar-refractivity contribution in [1.29, 1.82) is 0 Å². The third-order valence-electron chi connectivity index (χ3n) is 4.15. The summed E-state index contributed by atoms with van der Waals surface area (Å²) in [5.74, 6) is -1.35. The fourth-order valence-electron chi connectivity index (χ4n) is 2.89. The molecule has 1 atom stereocenters. The summed E-state index contributed by atoms with van der Waals surface area (Å²) >= 11 is 0. The standard InChI is InChI=1S/C18H22O5/c1-2-22-16(20)12-18(11-7-6-10-15(18)19)17(21)23-13-14-8-4-3-5-9-14/h3-5,8-9H,2,6-7,10-13H2,1H3. The van der Waals surface area contributed by atoms with Crippen molar-refractivity contribution in [3.63, 3.8) is 0 Å². The normalized spacial score (nSPS) is 20.8. The second-order valence-electron chi connectivity index (χ2n) is 5.76. The summed E-state index contributed by atoms with van der Waals surface area (Å²) in [5, 5.41) is 0. The quantitative estimate of drug-likeness (QED) is 0.596. The van der Waals surface area contributed by atoms with E-state index in [0.717, 1.165) is 18.4 Å². The van der Waals surface area contributed by atoms with Crippen molar-refractivity contribution >= 4 is 17.7 Å². The average Bonchev–Trinajstić information content (AvgIpc) is 2.56. The van der Waals surface area contributed by atoms with Gasteiger partial charge in [-0.1, -0.05) is 36.8 Å². The molecule has 124 valence electrons. The largest absolute Gasteiger partial charge is 0.466 e. The highest BCUT2D eigenvalue weighted by molar-refractivity contribution is 6.06. The van der Waals surface area contributed by atoms with E-state index in [-0.39, 0.29) is 25.4 Å². The summed E-state index contributed by atoms with van der Waals surface area (Å²) in [7, 11) is 0. The van der Waals surface area contributed by atoms with E-state index in [1.165, 1.54) is 0 Å². The molecule has 2 rings (SSSR count). The van der Waals surface area contributed by atoms with E-state index in [1.807, 2.05) is 30.3 Å². The Morgan fingerprint density at radius 1 is 1.13 bits per heavy atom. The van der Waals surface area contributed by atoms with E-state index in [4.69, 9.17) is 9.47 Å². The van der Waals surface area contributed by atoms with E-state index >= 15 is 0 Å². The van der Waals surface area contributed by atoms with Crippen LogP contribution in [0.2, 0.25) is 0 Å². The topological polar surface area (TPSA) is 69.7 Å². The Labute approximate surface area is 136 Å². The third kappa shape index (κ3) is 4.18. The molecular formula is C18H22O5. The lowest BCUT2D eigenvalue weighted by molar-refractivity contribution is -0.169. The van der Waals surface area contributed by atoms with Crippen LogP contribution in [0.3, 0.4) is 0 Å². The Morgan fingerprint density at radius 2 is 1.87 bits per heavy atom. The fraction of sp³-hybridized carbons (Fsp3) is 0.500. The number of carbonyl (C=O) groups is 3.